The molecule has 124 valence electrons. The summed E-state index contributed by atoms with van der Waals surface area (Å²) in [6.07, 6.45) is 6.98. The van der Waals surface area contributed by atoms with Gasteiger partial charge in [0.1, 0.15) is 13.1 Å². The number of hydrogen-bond donors (Lipinski definition) is 0. The van der Waals surface area contributed by atoms with Gasteiger partial charge in [-0.25, -0.2) is 4.99 Å². The zero-order valence-electron chi connectivity index (χ0n) is 15.0. The van der Waals surface area contributed by atoms with E-state index in [2.05, 4.69) is 62.3 Å². The SMILES string of the molecule is Cc1cccc(N=C(C#C[Si](C)(C)C)SCC2CCCCC2)c1. The molecule has 1 aromatic carbocycles. The van der Waals surface area contributed by atoms with Crippen LogP contribution in [-0.2, 0) is 0 Å². The molecule has 0 unspecified atom stereocenters. The molecular formula is C20H29NSSi. The maximum absolute atomic E-state index is 4.84. The summed E-state index contributed by atoms with van der Waals surface area (Å²) in [7, 11) is -1.37. The molecule has 1 nitrogen and oxygen atoms in total. The number of rotatable bonds is 3. The number of hydrogen-bond acceptors (Lipinski definition) is 2. The van der Waals surface area contributed by atoms with E-state index in [1.165, 1.54) is 43.4 Å². The van der Waals surface area contributed by atoms with Crippen LogP contribution in [0.25, 0.3) is 0 Å². The molecule has 1 aliphatic rings. The fourth-order valence-corrected chi connectivity index (χ4v) is 4.31. The summed E-state index contributed by atoms with van der Waals surface area (Å²) in [4.78, 5) is 4.84. The molecule has 1 fully saturated rings. The lowest BCUT2D eigenvalue weighted by molar-refractivity contribution is 0.391. The van der Waals surface area contributed by atoms with Gasteiger partial charge < -0.3 is 0 Å². The summed E-state index contributed by atoms with van der Waals surface area (Å²) in [5.74, 6) is 5.42. The Morgan fingerprint density at radius 1 is 1.22 bits per heavy atom. The van der Waals surface area contributed by atoms with Crippen molar-refractivity contribution in [1.29, 1.82) is 0 Å². The maximum Gasteiger partial charge on any atom is 0.146 e. The summed E-state index contributed by atoms with van der Waals surface area (Å²) in [5.41, 5.74) is 5.76. The van der Waals surface area contributed by atoms with Crippen LogP contribution in [0.5, 0.6) is 0 Å². The lowest BCUT2D eigenvalue weighted by Crippen LogP contribution is -2.17. The smallest absolute Gasteiger partial charge is 0.146 e. The second-order valence-corrected chi connectivity index (χ2v) is 13.3. The lowest BCUT2D eigenvalue weighted by Gasteiger charge is -2.20. The van der Waals surface area contributed by atoms with E-state index in [4.69, 9.17) is 4.99 Å². The predicted octanol–water partition coefficient (Wildman–Crippen LogP) is 6.22. The van der Waals surface area contributed by atoms with Crippen molar-refractivity contribution in [3.8, 4) is 11.5 Å². The van der Waals surface area contributed by atoms with Crippen molar-refractivity contribution in [3.05, 3.63) is 29.8 Å². The number of nitrogens with zero attached hydrogens (tertiary/aromatic N) is 1. The van der Waals surface area contributed by atoms with E-state index in [9.17, 15) is 0 Å². The van der Waals surface area contributed by atoms with E-state index in [-0.39, 0.29) is 0 Å². The number of thioether (sulfide) groups is 1. The molecule has 0 aromatic heterocycles. The Bertz CT molecular complexity index is 598. The summed E-state index contributed by atoms with van der Waals surface area (Å²) in [6, 6.07) is 8.40. The third-order valence-electron chi connectivity index (χ3n) is 3.96. The topological polar surface area (TPSA) is 12.4 Å². The third kappa shape index (κ3) is 7.41. The molecule has 3 heteroatoms. The first-order valence-electron chi connectivity index (χ1n) is 8.74. The Morgan fingerprint density at radius 3 is 2.61 bits per heavy atom. The first-order chi connectivity index (χ1) is 10.9. The minimum Gasteiger partial charge on any atom is -0.233 e. The normalized spacial score (nSPS) is 16.8. The fourth-order valence-electron chi connectivity index (χ4n) is 2.70. The quantitative estimate of drug-likeness (QED) is 0.275. The molecule has 0 N–H and O–H groups in total. The second kappa shape index (κ2) is 8.75. The minimum atomic E-state index is -1.37. The second-order valence-electron chi connectivity index (χ2n) is 7.57. The number of aryl methyl sites for hydroxylation is 1. The van der Waals surface area contributed by atoms with Crippen LogP contribution >= 0.6 is 11.8 Å². The molecule has 0 amide bonds. The van der Waals surface area contributed by atoms with Gasteiger partial charge in [-0.3, -0.25) is 0 Å². The average Bonchev–Trinajstić information content (AvgIpc) is 2.50. The molecule has 0 bridgehead atoms. The molecule has 0 saturated heterocycles. The molecule has 2 rings (SSSR count). The highest BCUT2D eigenvalue weighted by molar-refractivity contribution is 8.14. The van der Waals surface area contributed by atoms with E-state index in [1.807, 2.05) is 11.8 Å². The van der Waals surface area contributed by atoms with E-state index >= 15 is 0 Å². The highest BCUT2D eigenvalue weighted by Gasteiger charge is 2.15. The van der Waals surface area contributed by atoms with Gasteiger partial charge in [0.05, 0.1) is 5.69 Å². The van der Waals surface area contributed by atoms with Gasteiger partial charge in [-0.05, 0) is 49.3 Å². The summed E-state index contributed by atoms with van der Waals surface area (Å²) >= 11 is 1.87. The van der Waals surface area contributed by atoms with Gasteiger partial charge in [-0.2, -0.15) is 0 Å². The monoisotopic (exact) mass is 343 g/mol. The van der Waals surface area contributed by atoms with Crippen molar-refractivity contribution in [2.45, 2.75) is 58.7 Å². The fraction of sp³-hybridized carbons (Fsp3) is 0.550. The summed E-state index contributed by atoms with van der Waals surface area (Å²) < 4.78 is 0. The van der Waals surface area contributed by atoms with Crippen LogP contribution in [0.3, 0.4) is 0 Å². The molecule has 0 spiro atoms. The number of benzene rings is 1. The van der Waals surface area contributed by atoms with Gasteiger partial charge in [0.25, 0.3) is 0 Å². The third-order valence-corrected chi connectivity index (χ3v) is 5.94. The average molecular weight is 344 g/mol. The van der Waals surface area contributed by atoms with Crippen LogP contribution in [0.2, 0.25) is 19.6 Å². The molecule has 1 aliphatic carbocycles. The van der Waals surface area contributed by atoms with Gasteiger partial charge in [-0.1, -0.05) is 62.8 Å². The standard InChI is InChI=1S/C20H29NSSi/c1-17-9-8-12-19(15-17)21-20(13-14-23(2,3)4)22-16-18-10-6-5-7-11-18/h8-9,12,15,18H,5-7,10-11,16H2,1-4H3. The van der Waals surface area contributed by atoms with Crippen molar-refractivity contribution in [1.82, 2.24) is 0 Å². The van der Waals surface area contributed by atoms with Gasteiger partial charge in [0, 0.05) is 5.75 Å². The maximum atomic E-state index is 4.84. The van der Waals surface area contributed by atoms with Crippen LogP contribution in [0.1, 0.15) is 37.7 Å². The van der Waals surface area contributed by atoms with Gasteiger partial charge in [-0.15, -0.1) is 5.54 Å². The number of aliphatic imine (C=N–C) groups is 1. The van der Waals surface area contributed by atoms with Crippen molar-refractivity contribution in [2.24, 2.45) is 10.9 Å². The highest BCUT2D eigenvalue weighted by atomic mass is 32.2. The van der Waals surface area contributed by atoms with E-state index < -0.39 is 8.07 Å². The predicted molar refractivity (Wildman–Crippen MR) is 108 cm³/mol. The zero-order valence-corrected chi connectivity index (χ0v) is 16.8. The van der Waals surface area contributed by atoms with Crippen molar-refractivity contribution >= 4 is 30.6 Å². The molecule has 1 saturated carbocycles. The van der Waals surface area contributed by atoms with E-state index in [0.29, 0.717) is 0 Å². The Morgan fingerprint density at radius 2 is 1.96 bits per heavy atom. The molecule has 23 heavy (non-hydrogen) atoms. The van der Waals surface area contributed by atoms with E-state index in [1.54, 1.807) is 0 Å². The van der Waals surface area contributed by atoms with Crippen molar-refractivity contribution in [2.75, 3.05) is 5.75 Å². The lowest BCUT2D eigenvalue weighted by atomic mass is 9.91. The Kier molecular flexibility index (Phi) is 6.99. The van der Waals surface area contributed by atoms with E-state index in [0.717, 1.165) is 16.6 Å². The Balaban J connectivity index is 2.11. The Labute approximate surface area is 147 Å². The van der Waals surface area contributed by atoms with Crippen LogP contribution in [-0.4, -0.2) is 18.9 Å². The van der Waals surface area contributed by atoms with Crippen molar-refractivity contribution < 1.29 is 0 Å². The highest BCUT2D eigenvalue weighted by Crippen LogP contribution is 2.28. The van der Waals surface area contributed by atoms with Crippen LogP contribution in [0.4, 0.5) is 5.69 Å². The summed E-state index contributed by atoms with van der Waals surface area (Å²) in [6.45, 7) is 8.98. The van der Waals surface area contributed by atoms with Gasteiger partial charge in [0.15, 0.2) is 0 Å². The van der Waals surface area contributed by atoms with Gasteiger partial charge >= 0.3 is 0 Å². The molecular weight excluding hydrogens is 314 g/mol. The van der Waals surface area contributed by atoms with Crippen LogP contribution in [0, 0.1) is 24.3 Å². The van der Waals surface area contributed by atoms with Crippen LogP contribution < -0.4 is 0 Å². The molecule has 0 aliphatic heterocycles. The van der Waals surface area contributed by atoms with Crippen LogP contribution in [0.15, 0.2) is 29.3 Å². The first kappa shape index (κ1) is 18.4. The molecule has 0 atom stereocenters. The largest absolute Gasteiger partial charge is 0.233 e. The minimum absolute atomic E-state index is 0.852. The Hall–Kier alpha value is -0.983. The molecule has 1 aromatic rings. The van der Waals surface area contributed by atoms with Gasteiger partial charge in [0.2, 0.25) is 0 Å². The zero-order chi connectivity index (χ0) is 16.7. The van der Waals surface area contributed by atoms with Crippen molar-refractivity contribution in [3.63, 3.8) is 0 Å². The summed E-state index contributed by atoms with van der Waals surface area (Å²) in [5, 5.41) is 1.00. The first-order valence-corrected chi connectivity index (χ1v) is 13.2. The molecule has 0 radical (unpaired) electrons. The molecule has 0 heterocycles.